The molecule has 2 amide bonds. The maximum absolute atomic E-state index is 12.8. The number of benzene rings is 2. The van der Waals surface area contributed by atoms with Gasteiger partial charge in [0, 0.05) is 5.92 Å². The molecule has 2 aromatic carbocycles. The molecule has 1 aliphatic rings. The fraction of sp³-hybridized carbons (Fsp3) is 0.464. The van der Waals surface area contributed by atoms with Gasteiger partial charge in [0.15, 0.2) is 14.4 Å². The molecule has 0 heterocycles. The number of hydrogen-bond donors (Lipinski definition) is 3. The number of carboxylic acid groups (broad SMARTS) is 1. The number of fused-ring (bicyclic) bond motifs is 3. The molecule has 0 saturated heterocycles. The highest BCUT2D eigenvalue weighted by molar-refractivity contribution is 6.74. The van der Waals surface area contributed by atoms with Crippen molar-refractivity contribution in [3.8, 4) is 11.1 Å². The topological polar surface area (TPSA) is 114 Å². The van der Waals surface area contributed by atoms with Gasteiger partial charge in [-0.05, 0) is 54.2 Å². The van der Waals surface area contributed by atoms with Gasteiger partial charge in [0.25, 0.3) is 0 Å². The van der Waals surface area contributed by atoms with Gasteiger partial charge in [-0.15, -0.1) is 0 Å². The molecule has 3 rings (SSSR count). The second-order valence-corrected chi connectivity index (χ2v) is 15.9. The first-order valence-electron chi connectivity index (χ1n) is 12.6. The standard InChI is InChI=1S/C28H38N2O6Si/c1-17(25(31)30-24(26(32)33)18(2)36-37(6,7)28(3,4)5)29-27(34)35-16-23-21-14-10-8-12-19(21)20-13-9-11-15-22(20)23/h8-15,17-18,23-24H,16H2,1-7H3,(H,29,34)(H,30,31)(H,32,33)/t17-,18+,24-/m0/s1. The number of amides is 2. The Hall–Kier alpha value is -3.17. The number of rotatable bonds is 9. The fourth-order valence-corrected chi connectivity index (χ4v) is 5.67. The molecular weight excluding hydrogens is 488 g/mol. The molecule has 2 aromatic rings. The Bertz CT molecular complexity index is 1110. The van der Waals surface area contributed by atoms with E-state index in [2.05, 4.69) is 43.5 Å². The summed E-state index contributed by atoms with van der Waals surface area (Å²) in [5.41, 5.74) is 4.41. The number of ether oxygens (including phenoxy) is 1. The smallest absolute Gasteiger partial charge is 0.407 e. The number of alkyl carbamates (subject to hydrolysis) is 1. The van der Waals surface area contributed by atoms with Gasteiger partial charge in [-0.1, -0.05) is 69.3 Å². The van der Waals surface area contributed by atoms with Crippen LogP contribution in [0.2, 0.25) is 18.1 Å². The summed E-state index contributed by atoms with van der Waals surface area (Å²) >= 11 is 0. The molecule has 1 aliphatic carbocycles. The van der Waals surface area contributed by atoms with Crippen LogP contribution in [0.25, 0.3) is 11.1 Å². The van der Waals surface area contributed by atoms with Crippen LogP contribution in [0.4, 0.5) is 4.79 Å². The lowest BCUT2D eigenvalue weighted by molar-refractivity contribution is -0.144. The third kappa shape index (κ3) is 6.40. The van der Waals surface area contributed by atoms with Crippen LogP contribution in [0.5, 0.6) is 0 Å². The Labute approximate surface area is 219 Å². The molecule has 0 radical (unpaired) electrons. The normalized spacial score (nSPS) is 15.6. The monoisotopic (exact) mass is 526 g/mol. The first kappa shape index (κ1) is 28.4. The quantitative estimate of drug-likeness (QED) is 0.401. The summed E-state index contributed by atoms with van der Waals surface area (Å²) < 4.78 is 11.7. The Kier molecular flexibility index (Phi) is 8.49. The molecule has 0 saturated carbocycles. The van der Waals surface area contributed by atoms with Crippen LogP contribution < -0.4 is 10.6 Å². The zero-order chi connectivity index (χ0) is 27.5. The van der Waals surface area contributed by atoms with Gasteiger partial charge in [-0.25, -0.2) is 9.59 Å². The zero-order valence-electron chi connectivity index (χ0n) is 22.6. The van der Waals surface area contributed by atoms with Crippen molar-refractivity contribution in [1.29, 1.82) is 0 Å². The maximum Gasteiger partial charge on any atom is 0.407 e. The third-order valence-electron chi connectivity index (χ3n) is 7.39. The summed E-state index contributed by atoms with van der Waals surface area (Å²) in [5, 5.41) is 14.6. The Morgan fingerprint density at radius 3 is 1.95 bits per heavy atom. The fourth-order valence-electron chi connectivity index (χ4n) is 4.25. The summed E-state index contributed by atoms with van der Waals surface area (Å²) in [6, 6.07) is 13.8. The third-order valence-corrected chi connectivity index (χ3v) is 12.0. The second-order valence-electron chi connectivity index (χ2n) is 11.1. The average molecular weight is 527 g/mol. The molecular formula is C28H38N2O6Si. The summed E-state index contributed by atoms with van der Waals surface area (Å²) in [6.45, 7) is 13.4. The highest BCUT2D eigenvalue weighted by atomic mass is 28.4. The lowest BCUT2D eigenvalue weighted by Gasteiger charge is -2.39. The van der Waals surface area contributed by atoms with Crippen molar-refractivity contribution in [3.05, 3.63) is 59.7 Å². The van der Waals surface area contributed by atoms with Crippen LogP contribution in [0.1, 0.15) is 51.7 Å². The van der Waals surface area contributed by atoms with E-state index in [9.17, 15) is 19.5 Å². The van der Waals surface area contributed by atoms with E-state index >= 15 is 0 Å². The van der Waals surface area contributed by atoms with Crippen molar-refractivity contribution in [2.45, 2.75) is 76.9 Å². The molecule has 0 aromatic heterocycles. The van der Waals surface area contributed by atoms with Crippen LogP contribution in [-0.4, -0.2) is 56.2 Å². The van der Waals surface area contributed by atoms with Gasteiger partial charge in [0.05, 0.1) is 6.10 Å². The minimum atomic E-state index is -2.26. The van der Waals surface area contributed by atoms with Crippen molar-refractivity contribution in [2.24, 2.45) is 0 Å². The van der Waals surface area contributed by atoms with E-state index < -0.39 is 44.5 Å². The number of aliphatic carboxylic acids is 1. The van der Waals surface area contributed by atoms with Gasteiger partial charge in [0.1, 0.15) is 12.6 Å². The molecule has 3 N–H and O–H groups in total. The average Bonchev–Trinajstić information content (AvgIpc) is 3.13. The SMILES string of the molecule is C[C@H](NC(=O)OCC1c2ccccc2-c2ccccc21)C(=O)N[C@H](C(=O)O)[C@@H](C)O[Si](C)(C)C(C)(C)C. The molecule has 0 aliphatic heterocycles. The zero-order valence-corrected chi connectivity index (χ0v) is 23.6. The van der Waals surface area contributed by atoms with E-state index in [1.807, 2.05) is 49.5 Å². The molecule has 200 valence electrons. The molecule has 0 fully saturated rings. The largest absolute Gasteiger partial charge is 0.480 e. The van der Waals surface area contributed by atoms with Crippen molar-refractivity contribution >= 4 is 26.3 Å². The van der Waals surface area contributed by atoms with Crippen LogP contribution in [0.3, 0.4) is 0 Å². The molecule has 0 unspecified atom stereocenters. The van der Waals surface area contributed by atoms with E-state index in [0.717, 1.165) is 22.3 Å². The number of carbonyl (C=O) groups excluding carboxylic acids is 2. The Balaban J connectivity index is 1.58. The highest BCUT2D eigenvalue weighted by Crippen LogP contribution is 2.44. The number of carbonyl (C=O) groups is 3. The van der Waals surface area contributed by atoms with Gasteiger partial charge >= 0.3 is 12.1 Å². The van der Waals surface area contributed by atoms with E-state index in [1.165, 1.54) is 6.92 Å². The molecule has 0 bridgehead atoms. The maximum atomic E-state index is 12.8. The Morgan fingerprint density at radius 1 is 0.946 bits per heavy atom. The molecule has 9 heteroatoms. The van der Waals surface area contributed by atoms with Crippen molar-refractivity contribution < 1.29 is 28.7 Å². The number of nitrogens with one attached hydrogen (secondary N) is 2. The highest BCUT2D eigenvalue weighted by Gasteiger charge is 2.41. The predicted molar refractivity (Wildman–Crippen MR) is 145 cm³/mol. The lowest BCUT2D eigenvalue weighted by Crippen LogP contribution is -2.57. The Morgan fingerprint density at radius 2 is 1.46 bits per heavy atom. The molecule has 37 heavy (non-hydrogen) atoms. The van der Waals surface area contributed by atoms with E-state index in [4.69, 9.17) is 9.16 Å². The van der Waals surface area contributed by atoms with Gasteiger partial charge in [-0.2, -0.15) is 0 Å². The second kappa shape index (κ2) is 11.1. The van der Waals surface area contributed by atoms with Gasteiger partial charge < -0.3 is 24.9 Å². The molecule has 3 atom stereocenters. The van der Waals surface area contributed by atoms with Crippen molar-refractivity contribution in [2.75, 3.05) is 6.61 Å². The first-order valence-corrected chi connectivity index (χ1v) is 15.5. The van der Waals surface area contributed by atoms with Gasteiger partial charge in [0.2, 0.25) is 5.91 Å². The predicted octanol–water partition coefficient (Wildman–Crippen LogP) is 4.89. The van der Waals surface area contributed by atoms with Crippen LogP contribution in [0, 0.1) is 0 Å². The molecule has 0 spiro atoms. The first-order chi connectivity index (χ1) is 17.2. The lowest BCUT2D eigenvalue weighted by atomic mass is 9.98. The van der Waals surface area contributed by atoms with Gasteiger partial charge in [-0.3, -0.25) is 4.79 Å². The minimum Gasteiger partial charge on any atom is -0.480 e. The number of hydrogen-bond acceptors (Lipinski definition) is 5. The van der Waals surface area contributed by atoms with E-state index in [1.54, 1.807) is 6.92 Å². The summed E-state index contributed by atoms with van der Waals surface area (Å²) in [7, 11) is -2.26. The minimum absolute atomic E-state index is 0.105. The summed E-state index contributed by atoms with van der Waals surface area (Å²) in [5.74, 6) is -1.94. The molecule has 8 nitrogen and oxygen atoms in total. The van der Waals surface area contributed by atoms with E-state index in [-0.39, 0.29) is 17.6 Å². The summed E-state index contributed by atoms with van der Waals surface area (Å²) in [4.78, 5) is 37.2. The summed E-state index contributed by atoms with van der Waals surface area (Å²) in [6.07, 6.45) is -1.49. The van der Waals surface area contributed by atoms with Crippen LogP contribution in [0.15, 0.2) is 48.5 Å². The van der Waals surface area contributed by atoms with E-state index in [0.29, 0.717) is 0 Å². The van der Waals surface area contributed by atoms with Crippen LogP contribution >= 0.6 is 0 Å². The number of carboxylic acids is 1. The van der Waals surface area contributed by atoms with Crippen molar-refractivity contribution in [1.82, 2.24) is 10.6 Å². The van der Waals surface area contributed by atoms with Crippen molar-refractivity contribution in [3.63, 3.8) is 0 Å². The van der Waals surface area contributed by atoms with Crippen LogP contribution in [-0.2, 0) is 18.8 Å².